The third kappa shape index (κ3) is 2.26. The van der Waals surface area contributed by atoms with Crippen molar-refractivity contribution in [2.45, 2.75) is 0 Å². The number of benzene rings is 2. The van der Waals surface area contributed by atoms with Crippen molar-refractivity contribution in [3.8, 4) is 11.6 Å². The van der Waals surface area contributed by atoms with Crippen LogP contribution >= 0.6 is 0 Å². The van der Waals surface area contributed by atoms with Gasteiger partial charge < -0.3 is 4.74 Å². The minimum atomic E-state index is -0.496. The Balaban J connectivity index is 1.99. The molecule has 1 aromatic heterocycles. The number of hydrogen-bond acceptors (Lipinski definition) is 5. The Morgan fingerprint density at radius 2 is 1.70 bits per heavy atom. The van der Waals surface area contributed by atoms with Gasteiger partial charge in [0.25, 0.3) is 0 Å². The summed E-state index contributed by atoms with van der Waals surface area (Å²) in [5, 5.41) is 10.9. The molecule has 0 saturated carbocycles. The first-order valence-corrected chi connectivity index (χ1v) is 5.87. The van der Waals surface area contributed by atoms with E-state index in [4.69, 9.17) is 4.74 Å². The lowest BCUT2D eigenvalue weighted by Gasteiger charge is -2.05. The Bertz CT molecular complexity index is 789. The van der Waals surface area contributed by atoms with E-state index in [2.05, 4.69) is 9.97 Å². The number of nitro groups is 1. The highest BCUT2D eigenvalue weighted by molar-refractivity contribution is 5.74. The van der Waals surface area contributed by atoms with Gasteiger partial charge in [0.1, 0.15) is 0 Å². The molecule has 0 amide bonds. The second-order valence-corrected chi connectivity index (χ2v) is 4.02. The van der Waals surface area contributed by atoms with Gasteiger partial charge in [0.05, 0.1) is 22.2 Å². The normalized spacial score (nSPS) is 10.4. The molecular formula is C14H9N3O3. The molecule has 3 aromatic rings. The standard InChI is InChI=1S/C14H9N3O3/c18-17(19)12-7-3-4-8-13(12)20-14-9-15-10-5-1-2-6-11(10)16-14/h1-9H. The van der Waals surface area contributed by atoms with Crippen molar-refractivity contribution in [1.29, 1.82) is 0 Å². The van der Waals surface area contributed by atoms with Crippen molar-refractivity contribution in [2.75, 3.05) is 0 Å². The van der Waals surface area contributed by atoms with E-state index in [9.17, 15) is 10.1 Å². The van der Waals surface area contributed by atoms with Gasteiger partial charge in [-0.05, 0) is 18.2 Å². The summed E-state index contributed by atoms with van der Waals surface area (Å²) in [5.74, 6) is 0.361. The van der Waals surface area contributed by atoms with E-state index in [1.54, 1.807) is 18.2 Å². The lowest BCUT2D eigenvalue weighted by molar-refractivity contribution is -0.385. The molecule has 6 heteroatoms. The highest BCUT2D eigenvalue weighted by Crippen LogP contribution is 2.30. The predicted molar refractivity (Wildman–Crippen MR) is 72.7 cm³/mol. The van der Waals surface area contributed by atoms with Crippen molar-refractivity contribution < 1.29 is 9.66 Å². The number of nitro benzene ring substituents is 1. The lowest BCUT2D eigenvalue weighted by Crippen LogP contribution is -1.95. The van der Waals surface area contributed by atoms with Gasteiger partial charge in [-0.2, -0.15) is 0 Å². The summed E-state index contributed by atoms with van der Waals surface area (Å²) in [5.41, 5.74) is 1.30. The molecule has 0 atom stereocenters. The summed E-state index contributed by atoms with van der Waals surface area (Å²) >= 11 is 0. The number of para-hydroxylation sites is 4. The third-order valence-corrected chi connectivity index (χ3v) is 2.70. The first-order chi connectivity index (χ1) is 9.74. The summed E-state index contributed by atoms with van der Waals surface area (Å²) < 4.78 is 5.46. The molecule has 2 aromatic carbocycles. The Kier molecular flexibility index (Phi) is 2.96. The van der Waals surface area contributed by atoms with Crippen LogP contribution < -0.4 is 4.74 Å². The first kappa shape index (κ1) is 12.0. The Morgan fingerprint density at radius 1 is 1.00 bits per heavy atom. The van der Waals surface area contributed by atoms with E-state index < -0.39 is 4.92 Å². The number of ether oxygens (including phenoxy) is 1. The van der Waals surface area contributed by atoms with Crippen molar-refractivity contribution >= 4 is 16.7 Å². The quantitative estimate of drug-likeness (QED) is 0.537. The fraction of sp³-hybridized carbons (Fsp3) is 0. The van der Waals surface area contributed by atoms with E-state index >= 15 is 0 Å². The number of nitrogens with zero attached hydrogens (tertiary/aromatic N) is 3. The van der Waals surface area contributed by atoms with Crippen molar-refractivity contribution in [2.24, 2.45) is 0 Å². The van der Waals surface area contributed by atoms with Crippen LogP contribution in [0.15, 0.2) is 54.7 Å². The van der Waals surface area contributed by atoms with Crippen molar-refractivity contribution in [3.05, 3.63) is 64.8 Å². The average Bonchev–Trinajstić information content (AvgIpc) is 2.47. The van der Waals surface area contributed by atoms with Gasteiger partial charge in [0.2, 0.25) is 11.6 Å². The molecule has 0 bridgehead atoms. The largest absolute Gasteiger partial charge is 0.430 e. The maximum absolute atomic E-state index is 10.9. The van der Waals surface area contributed by atoms with E-state index in [1.807, 2.05) is 18.2 Å². The molecular weight excluding hydrogens is 258 g/mol. The Morgan fingerprint density at radius 3 is 2.50 bits per heavy atom. The number of hydrogen-bond donors (Lipinski definition) is 0. The highest BCUT2D eigenvalue weighted by Gasteiger charge is 2.15. The van der Waals surface area contributed by atoms with Gasteiger partial charge in [-0.1, -0.05) is 24.3 Å². The second-order valence-electron chi connectivity index (χ2n) is 4.02. The van der Waals surface area contributed by atoms with Crippen LogP contribution in [0.1, 0.15) is 0 Å². The van der Waals surface area contributed by atoms with E-state index in [-0.39, 0.29) is 17.3 Å². The molecule has 0 aliphatic rings. The van der Waals surface area contributed by atoms with Crippen LogP contribution in [0.25, 0.3) is 11.0 Å². The molecule has 0 radical (unpaired) electrons. The fourth-order valence-corrected chi connectivity index (χ4v) is 1.80. The van der Waals surface area contributed by atoms with E-state index in [0.717, 1.165) is 5.52 Å². The molecule has 0 fully saturated rings. The number of fused-ring (bicyclic) bond motifs is 1. The van der Waals surface area contributed by atoms with Crippen LogP contribution in [-0.2, 0) is 0 Å². The third-order valence-electron chi connectivity index (χ3n) is 2.70. The monoisotopic (exact) mass is 267 g/mol. The summed E-state index contributed by atoms with van der Waals surface area (Å²) in [7, 11) is 0. The minimum absolute atomic E-state index is 0.109. The molecule has 3 rings (SSSR count). The van der Waals surface area contributed by atoms with E-state index in [0.29, 0.717) is 5.52 Å². The van der Waals surface area contributed by atoms with Crippen molar-refractivity contribution in [1.82, 2.24) is 9.97 Å². The molecule has 0 spiro atoms. The topological polar surface area (TPSA) is 78.2 Å². The van der Waals surface area contributed by atoms with Gasteiger partial charge >= 0.3 is 5.69 Å². The zero-order valence-electron chi connectivity index (χ0n) is 10.3. The van der Waals surface area contributed by atoms with Crippen LogP contribution in [0.3, 0.4) is 0 Å². The van der Waals surface area contributed by atoms with Gasteiger partial charge in [0, 0.05) is 6.07 Å². The first-order valence-electron chi connectivity index (χ1n) is 5.87. The maximum Gasteiger partial charge on any atom is 0.311 e. The van der Waals surface area contributed by atoms with Gasteiger partial charge in [0.15, 0.2) is 0 Å². The molecule has 1 heterocycles. The SMILES string of the molecule is O=[N+]([O-])c1ccccc1Oc1cnc2ccccc2n1. The van der Waals surface area contributed by atoms with Crippen LogP contribution in [0, 0.1) is 10.1 Å². The highest BCUT2D eigenvalue weighted by atomic mass is 16.6. The van der Waals surface area contributed by atoms with Crippen molar-refractivity contribution in [3.63, 3.8) is 0 Å². The number of rotatable bonds is 3. The Labute approximate surface area is 113 Å². The molecule has 6 nitrogen and oxygen atoms in total. The maximum atomic E-state index is 10.9. The van der Waals surface area contributed by atoms with Crippen LogP contribution in [0.2, 0.25) is 0 Å². The number of aromatic nitrogens is 2. The van der Waals surface area contributed by atoms with Crippen LogP contribution in [0.4, 0.5) is 5.69 Å². The van der Waals surface area contributed by atoms with Gasteiger partial charge in [-0.3, -0.25) is 10.1 Å². The summed E-state index contributed by atoms with van der Waals surface area (Å²) in [6, 6.07) is 13.5. The molecule has 0 saturated heterocycles. The van der Waals surface area contributed by atoms with Crippen LogP contribution in [-0.4, -0.2) is 14.9 Å². The summed E-state index contributed by atoms with van der Waals surface area (Å²) in [6.07, 6.45) is 1.44. The molecule has 20 heavy (non-hydrogen) atoms. The lowest BCUT2D eigenvalue weighted by atomic mass is 10.3. The summed E-state index contributed by atoms with van der Waals surface area (Å²) in [6.45, 7) is 0. The Hall–Kier alpha value is -3.02. The average molecular weight is 267 g/mol. The molecule has 0 unspecified atom stereocenters. The zero-order valence-corrected chi connectivity index (χ0v) is 10.3. The second kappa shape index (κ2) is 4.93. The smallest absolute Gasteiger partial charge is 0.311 e. The predicted octanol–water partition coefficient (Wildman–Crippen LogP) is 3.33. The van der Waals surface area contributed by atoms with Gasteiger partial charge in [-0.25, -0.2) is 9.97 Å². The van der Waals surface area contributed by atoms with Gasteiger partial charge in [-0.15, -0.1) is 0 Å². The van der Waals surface area contributed by atoms with Crippen LogP contribution in [0.5, 0.6) is 11.6 Å². The zero-order chi connectivity index (χ0) is 13.9. The fourth-order valence-electron chi connectivity index (χ4n) is 1.80. The minimum Gasteiger partial charge on any atom is -0.430 e. The summed E-state index contributed by atoms with van der Waals surface area (Å²) in [4.78, 5) is 18.9. The molecule has 98 valence electrons. The van der Waals surface area contributed by atoms with E-state index in [1.165, 1.54) is 18.3 Å². The molecule has 0 aliphatic carbocycles. The molecule has 0 aliphatic heterocycles. The molecule has 0 N–H and O–H groups in total.